The number of rotatable bonds is 6. The number of benzene rings is 2. The lowest BCUT2D eigenvalue weighted by molar-refractivity contribution is -0.143. The second kappa shape index (κ2) is 9.16. The second-order valence-electron chi connectivity index (χ2n) is 5.74. The van der Waals surface area contributed by atoms with Gasteiger partial charge in [-0.05, 0) is 49.1 Å². The summed E-state index contributed by atoms with van der Waals surface area (Å²) in [5.41, 5.74) is 0.669. The van der Waals surface area contributed by atoms with Crippen LogP contribution in [0.1, 0.15) is 24.2 Å². The van der Waals surface area contributed by atoms with E-state index in [1.807, 2.05) is 12.1 Å². The van der Waals surface area contributed by atoms with Crippen molar-refractivity contribution in [3.8, 4) is 0 Å². The zero-order chi connectivity index (χ0) is 20.1. The van der Waals surface area contributed by atoms with Crippen molar-refractivity contribution in [2.45, 2.75) is 25.3 Å². The fourth-order valence-electron chi connectivity index (χ4n) is 2.67. The number of carbonyl (C=O) groups excluding carboxylic acids is 2. The Morgan fingerprint density at radius 2 is 1.93 bits per heavy atom. The molecular weight excluding hydrogens is 399 g/mol. The van der Waals surface area contributed by atoms with Gasteiger partial charge >= 0.3 is 5.97 Å². The minimum atomic E-state index is -0.514. The molecule has 0 spiro atoms. The Bertz CT molecular complexity index is 1070. The van der Waals surface area contributed by atoms with Crippen LogP contribution in [0.25, 0.3) is 10.2 Å². The molecule has 1 aromatic heterocycles. The third-order valence-electron chi connectivity index (χ3n) is 3.85. The summed E-state index contributed by atoms with van der Waals surface area (Å²) in [5, 5.41) is 0. The molecule has 5 nitrogen and oxygen atoms in total. The maximum absolute atomic E-state index is 14.4. The SMILES string of the molecule is CCOC(=O)Cn1c(=NC(=O)c2ccc(SCC)cc2)sc2cccc(F)c21. The quantitative estimate of drug-likeness (QED) is 0.443. The molecule has 0 fully saturated rings. The van der Waals surface area contributed by atoms with Crippen molar-refractivity contribution in [2.24, 2.45) is 4.99 Å². The lowest BCUT2D eigenvalue weighted by Gasteiger charge is -2.05. The summed E-state index contributed by atoms with van der Waals surface area (Å²) < 4.78 is 21.4. The third kappa shape index (κ3) is 4.51. The predicted molar refractivity (Wildman–Crippen MR) is 109 cm³/mol. The maximum atomic E-state index is 14.4. The number of para-hydroxylation sites is 1. The van der Waals surface area contributed by atoms with Gasteiger partial charge in [0.05, 0.1) is 16.8 Å². The van der Waals surface area contributed by atoms with E-state index in [0.29, 0.717) is 10.3 Å². The Kier molecular flexibility index (Phi) is 6.64. The summed E-state index contributed by atoms with van der Waals surface area (Å²) in [4.78, 5) is 30.1. The van der Waals surface area contributed by atoms with E-state index in [-0.39, 0.29) is 23.5 Å². The molecule has 0 N–H and O–H groups in total. The first-order valence-corrected chi connectivity index (χ1v) is 10.6. The summed E-state index contributed by atoms with van der Waals surface area (Å²) in [5.74, 6) is -0.496. The predicted octanol–water partition coefficient (Wildman–Crippen LogP) is 4.26. The number of ether oxygens (including phenoxy) is 1. The van der Waals surface area contributed by atoms with Crippen molar-refractivity contribution in [2.75, 3.05) is 12.4 Å². The molecule has 3 rings (SSSR count). The van der Waals surface area contributed by atoms with Gasteiger partial charge in [-0.15, -0.1) is 11.8 Å². The molecule has 0 saturated carbocycles. The number of thioether (sulfide) groups is 1. The highest BCUT2D eigenvalue weighted by Gasteiger charge is 2.15. The minimum Gasteiger partial charge on any atom is -0.465 e. The van der Waals surface area contributed by atoms with Crippen LogP contribution in [0.3, 0.4) is 0 Å². The molecular formula is C20H19FN2O3S2. The monoisotopic (exact) mass is 418 g/mol. The highest BCUT2D eigenvalue weighted by atomic mass is 32.2. The van der Waals surface area contributed by atoms with Gasteiger partial charge in [-0.2, -0.15) is 4.99 Å². The van der Waals surface area contributed by atoms with E-state index in [1.54, 1.807) is 43.0 Å². The molecule has 2 aromatic carbocycles. The molecule has 0 atom stereocenters. The standard InChI is InChI=1S/C20H19FN2O3S2/c1-3-26-17(24)12-23-18-15(21)6-5-7-16(18)28-20(23)22-19(25)13-8-10-14(11-9-13)27-4-2/h5-11H,3-4,12H2,1-2H3. The van der Waals surface area contributed by atoms with Crippen LogP contribution in [0.4, 0.5) is 4.39 Å². The summed E-state index contributed by atoms with van der Waals surface area (Å²) in [6.07, 6.45) is 0. The topological polar surface area (TPSA) is 60.7 Å². The lowest BCUT2D eigenvalue weighted by atomic mass is 10.2. The van der Waals surface area contributed by atoms with Gasteiger partial charge < -0.3 is 9.30 Å². The van der Waals surface area contributed by atoms with E-state index in [2.05, 4.69) is 11.9 Å². The van der Waals surface area contributed by atoms with E-state index < -0.39 is 17.7 Å². The first-order chi connectivity index (χ1) is 13.5. The van der Waals surface area contributed by atoms with E-state index in [9.17, 15) is 14.0 Å². The van der Waals surface area contributed by atoms with E-state index >= 15 is 0 Å². The van der Waals surface area contributed by atoms with Crippen LogP contribution in [0.15, 0.2) is 52.4 Å². The van der Waals surface area contributed by atoms with Gasteiger partial charge in [0.1, 0.15) is 12.4 Å². The normalized spacial score (nSPS) is 11.8. The molecule has 146 valence electrons. The minimum absolute atomic E-state index is 0.215. The zero-order valence-corrected chi connectivity index (χ0v) is 17.1. The third-order valence-corrected chi connectivity index (χ3v) is 5.79. The van der Waals surface area contributed by atoms with Gasteiger partial charge in [-0.1, -0.05) is 24.3 Å². The summed E-state index contributed by atoms with van der Waals surface area (Å²) in [6.45, 7) is 3.76. The molecule has 0 aliphatic carbocycles. The fraction of sp³-hybridized carbons (Fsp3) is 0.250. The molecule has 0 unspecified atom stereocenters. The highest BCUT2D eigenvalue weighted by molar-refractivity contribution is 7.99. The molecule has 0 saturated heterocycles. The molecule has 1 heterocycles. The summed E-state index contributed by atoms with van der Waals surface area (Å²) in [6, 6.07) is 11.8. The van der Waals surface area contributed by atoms with Gasteiger partial charge in [-0.3, -0.25) is 9.59 Å². The van der Waals surface area contributed by atoms with E-state index in [1.165, 1.54) is 10.6 Å². The summed E-state index contributed by atoms with van der Waals surface area (Å²) in [7, 11) is 0. The summed E-state index contributed by atoms with van der Waals surface area (Å²) >= 11 is 2.84. The Morgan fingerprint density at radius 1 is 1.18 bits per heavy atom. The average Bonchev–Trinajstić information content (AvgIpc) is 3.01. The van der Waals surface area contributed by atoms with Crippen LogP contribution in [0.5, 0.6) is 0 Å². The molecule has 0 bridgehead atoms. The van der Waals surface area contributed by atoms with Gasteiger partial charge in [0, 0.05) is 10.5 Å². The van der Waals surface area contributed by atoms with Crippen molar-refractivity contribution in [3.63, 3.8) is 0 Å². The fourth-order valence-corrected chi connectivity index (χ4v) is 4.37. The number of aromatic nitrogens is 1. The van der Waals surface area contributed by atoms with Crippen molar-refractivity contribution in [1.29, 1.82) is 0 Å². The Labute approximate surface area is 169 Å². The number of hydrogen-bond acceptors (Lipinski definition) is 5. The number of nitrogens with zero attached hydrogens (tertiary/aromatic N) is 2. The van der Waals surface area contributed by atoms with Gasteiger partial charge in [0.15, 0.2) is 4.80 Å². The van der Waals surface area contributed by atoms with Crippen LogP contribution in [-0.4, -0.2) is 28.8 Å². The molecule has 28 heavy (non-hydrogen) atoms. The van der Waals surface area contributed by atoms with E-state index in [0.717, 1.165) is 22.0 Å². The molecule has 0 aliphatic heterocycles. The first-order valence-electron chi connectivity index (χ1n) is 8.78. The molecule has 0 aliphatic rings. The largest absolute Gasteiger partial charge is 0.465 e. The smallest absolute Gasteiger partial charge is 0.326 e. The number of amides is 1. The Hall–Kier alpha value is -2.45. The highest BCUT2D eigenvalue weighted by Crippen LogP contribution is 2.21. The van der Waals surface area contributed by atoms with Gasteiger partial charge in [0.2, 0.25) is 0 Å². The van der Waals surface area contributed by atoms with E-state index in [4.69, 9.17) is 4.74 Å². The Morgan fingerprint density at radius 3 is 2.61 bits per heavy atom. The second-order valence-corrected chi connectivity index (χ2v) is 8.08. The van der Waals surface area contributed by atoms with Crippen LogP contribution in [-0.2, 0) is 16.1 Å². The number of fused-ring (bicyclic) bond motifs is 1. The van der Waals surface area contributed by atoms with Crippen molar-refractivity contribution < 1.29 is 18.7 Å². The molecule has 0 radical (unpaired) electrons. The zero-order valence-electron chi connectivity index (χ0n) is 15.5. The average molecular weight is 419 g/mol. The van der Waals surface area contributed by atoms with Gasteiger partial charge in [0.25, 0.3) is 5.91 Å². The van der Waals surface area contributed by atoms with Crippen molar-refractivity contribution in [3.05, 3.63) is 58.6 Å². The van der Waals surface area contributed by atoms with Gasteiger partial charge in [-0.25, -0.2) is 4.39 Å². The number of esters is 1. The number of halogens is 1. The molecule has 3 aromatic rings. The number of carbonyl (C=O) groups is 2. The first kappa shape index (κ1) is 20.3. The van der Waals surface area contributed by atoms with Crippen molar-refractivity contribution in [1.82, 2.24) is 4.57 Å². The van der Waals surface area contributed by atoms with Crippen LogP contribution < -0.4 is 4.80 Å². The number of thiazole rings is 1. The lowest BCUT2D eigenvalue weighted by Crippen LogP contribution is -2.23. The van der Waals surface area contributed by atoms with Crippen LogP contribution >= 0.6 is 23.1 Å². The van der Waals surface area contributed by atoms with Crippen LogP contribution in [0.2, 0.25) is 0 Å². The molecule has 1 amide bonds. The van der Waals surface area contributed by atoms with Crippen molar-refractivity contribution >= 4 is 45.2 Å². The molecule has 8 heteroatoms. The van der Waals surface area contributed by atoms with Crippen LogP contribution in [0, 0.1) is 5.82 Å². The Balaban J connectivity index is 2.04. The number of hydrogen-bond donors (Lipinski definition) is 0. The maximum Gasteiger partial charge on any atom is 0.326 e.